The van der Waals surface area contributed by atoms with Crippen LogP contribution in [0.5, 0.6) is 0 Å². The molecule has 0 aliphatic carbocycles. The molecule has 0 bridgehead atoms. The van der Waals surface area contributed by atoms with Gasteiger partial charge in [0.1, 0.15) is 0 Å². The smallest absolute Gasteiger partial charge is 0.228 e. The van der Waals surface area contributed by atoms with Gasteiger partial charge in [-0.2, -0.15) is 0 Å². The Morgan fingerprint density at radius 2 is 2.29 bits per heavy atom. The van der Waals surface area contributed by atoms with E-state index in [4.69, 9.17) is 11.6 Å². The van der Waals surface area contributed by atoms with Gasteiger partial charge >= 0.3 is 0 Å². The van der Waals surface area contributed by atoms with Gasteiger partial charge in [0.05, 0.1) is 5.38 Å². The number of benzene rings is 1. The van der Waals surface area contributed by atoms with Crippen LogP contribution in [0.25, 0.3) is 0 Å². The molecule has 1 unspecified atom stereocenters. The highest BCUT2D eigenvalue weighted by Crippen LogP contribution is 2.24. The van der Waals surface area contributed by atoms with Crippen LogP contribution < -0.4 is 4.90 Å². The fourth-order valence-electron chi connectivity index (χ4n) is 1.71. The Bertz CT molecular complexity index is 364. The van der Waals surface area contributed by atoms with Crippen molar-refractivity contribution in [2.75, 3.05) is 11.4 Å². The van der Waals surface area contributed by atoms with Gasteiger partial charge in [-0.3, -0.25) is 4.79 Å². The second-order valence-electron chi connectivity index (χ2n) is 3.64. The second-order valence-corrected chi connectivity index (χ2v) is 4.26. The molecule has 1 aromatic rings. The van der Waals surface area contributed by atoms with Crippen molar-refractivity contribution in [1.82, 2.24) is 0 Å². The van der Waals surface area contributed by atoms with Crippen LogP contribution in [0.4, 0.5) is 5.69 Å². The van der Waals surface area contributed by atoms with Crippen molar-refractivity contribution >= 4 is 23.2 Å². The van der Waals surface area contributed by atoms with Crippen LogP contribution in [0.1, 0.15) is 12.0 Å². The van der Waals surface area contributed by atoms with Gasteiger partial charge in [-0.05, 0) is 24.6 Å². The largest absolute Gasteiger partial charge is 0.311 e. The van der Waals surface area contributed by atoms with Crippen LogP contribution in [0.15, 0.2) is 24.3 Å². The summed E-state index contributed by atoms with van der Waals surface area (Å²) in [6, 6.07) is 7.92. The van der Waals surface area contributed by atoms with Crippen LogP contribution in [0, 0.1) is 6.92 Å². The molecule has 1 atom stereocenters. The van der Waals surface area contributed by atoms with Gasteiger partial charge in [-0.25, -0.2) is 0 Å². The van der Waals surface area contributed by atoms with Gasteiger partial charge in [0.25, 0.3) is 0 Å². The molecule has 1 amide bonds. The first kappa shape index (κ1) is 9.53. The lowest BCUT2D eigenvalue weighted by molar-refractivity contribution is -0.117. The molecule has 74 valence electrons. The Morgan fingerprint density at radius 1 is 1.50 bits per heavy atom. The molecule has 0 radical (unpaired) electrons. The Labute approximate surface area is 88.5 Å². The molecule has 3 heteroatoms. The summed E-state index contributed by atoms with van der Waals surface area (Å²) in [6.07, 6.45) is 0.454. The summed E-state index contributed by atoms with van der Waals surface area (Å²) in [7, 11) is 0. The SMILES string of the molecule is Cc1cccc(N2CC(Cl)CC2=O)c1. The predicted molar refractivity (Wildman–Crippen MR) is 57.8 cm³/mol. The van der Waals surface area contributed by atoms with E-state index in [9.17, 15) is 4.79 Å². The minimum absolute atomic E-state index is 0.0389. The van der Waals surface area contributed by atoms with Crippen molar-refractivity contribution in [3.05, 3.63) is 29.8 Å². The van der Waals surface area contributed by atoms with Gasteiger partial charge < -0.3 is 4.90 Å². The summed E-state index contributed by atoms with van der Waals surface area (Å²) >= 11 is 5.93. The third-order valence-corrected chi connectivity index (χ3v) is 2.68. The first-order valence-electron chi connectivity index (χ1n) is 4.68. The quantitative estimate of drug-likeness (QED) is 0.651. The standard InChI is InChI=1S/C11H12ClNO/c1-8-3-2-4-10(5-8)13-7-9(12)6-11(13)14/h2-5,9H,6-7H2,1H3. The monoisotopic (exact) mass is 209 g/mol. The lowest BCUT2D eigenvalue weighted by Crippen LogP contribution is -2.24. The highest BCUT2D eigenvalue weighted by Gasteiger charge is 2.28. The zero-order valence-corrected chi connectivity index (χ0v) is 8.79. The summed E-state index contributed by atoms with van der Waals surface area (Å²) in [5.74, 6) is 0.121. The van der Waals surface area contributed by atoms with E-state index in [1.807, 2.05) is 31.2 Å². The molecule has 2 nitrogen and oxygen atoms in total. The molecule has 1 saturated heterocycles. The molecule has 2 rings (SSSR count). The molecule has 1 aliphatic rings. The number of anilines is 1. The fourth-order valence-corrected chi connectivity index (χ4v) is 1.98. The zero-order chi connectivity index (χ0) is 10.1. The molecular weight excluding hydrogens is 198 g/mol. The van der Waals surface area contributed by atoms with Gasteiger partial charge in [0.2, 0.25) is 5.91 Å². The van der Waals surface area contributed by atoms with Crippen molar-refractivity contribution in [3.63, 3.8) is 0 Å². The number of hydrogen-bond donors (Lipinski definition) is 0. The Morgan fingerprint density at radius 3 is 2.86 bits per heavy atom. The van der Waals surface area contributed by atoms with Crippen molar-refractivity contribution < 1.29 is 4.79 Å². The minimum atomic E-state index is -0.0389. The van der Waals surface area contributed by atoms with Crippen molar-refractivity contribution in [2.45, 2.75) is 18.7 Å². The summed E-state index contributed by atoms with van der Waals surface area (Å²) in [5, 5.41) is -0.0389. The summed E-state index contributed by atoms with van der Waals surface area (Å²) in [5.41, 5.74) is 2.12. The molecule has 1 aromatic carbocycles. The van der Waals surface area contributed by atoms with E-state index in [1.54, 1.807) is 4.90 Å². The Balaban J connectivity index is 2.27. The number of rotatable bonds is 1. The van der Waals surface area contributed by atoms with Crippen molar-refractivity contribution in [2.24, 2.45) is 0 Å². The van der Waals surface area contributed by atoms with E-state index < -0.39 is 0 Å². The van der Waals surface area contributed by atoms with Gasteiger partial charge in [-0.15, -0.1) is 11.6 Å². The normalized spacial score (nSPS) is 21.7. The van der Waals surface area contributed by atoms with E-state index in [-0.39, 0.29) is 11.3 Å². The Hall–Kier alpha value is -1.02. The van der Waals surface area contributed by atoms with Crippen molar-refractivity contribution in [1.29, 1.82) is 0 Å². The van der Waals surface area contributed by atoms with E-state index in [0.29, 0.717) is 13.0 Å². The second kappa shape index (κ2) is 3.62. The highest BCUT2D eigenvalue weighted by atomic mass is 35.5. The first-order valence-corrected chi connectivity index (χ1v) is 5.11. The number of halogens is 1. The van der Waals surface area contributed by atoms with Crippen molar-refractivity contribution in [3.8, 4) is 0 Å². The fraction of sp³-hybridized carbons (Fsp3) is 0.364. The van der Waals surface area contributed by atoms with Gasteiger partial charge in [0, 0.05) is 18.7 Å². The first-order chi connectivity index (χ1) is 6.66. The molecule has 0 spiro atoms. The maximum atomic E-state index is 11.5. The molecular formula is C11H12ClNO. The van der Waals surface area contributed by atoms with Crippen LogP contribution in [-0.2, 0) is 4.79 Å². The van der Waals surface area contributed by atoms with Crippen LogP contribution in [-0.4, -0.2) is 17.8 Å². The van der Waals surface area contributed by atoms with E-state index >= 15 is 0 Å². The Kier molecular flexibility index (Phi) is 2.46. The van der Waals surface area contributed by atoms with E-state index in [2.05, 4.69) is 0 Å². The van der Waals surface area contributed by atoms with Gasteiger partial charge in [0.15, 0.2) is 0 Å². The van der Waals surface area contributed by atoms with E-state index in [1.165, 1.54) is 0 Å². The number of carbonyl (C=O) groups excluding carboxylic acids is 1. The molecule has 1 aliphatic heterocycles. The average molecular weight is 210 g/mol. The third-order valence-electron chi connectivity index (χ3n) is 2.39. The molecule has 14 heavy (non-hydrogen) atoms. The molecule has 1 fully saturated rings. The topological polar surface area (TPSA) is 20.3 Å². The number of aryl methyl sites for hydroxylation is 1. The molecule has 0 aromatic heterocycles. The molecule has 1 heterocycles. The number of nitrogens with zero attached hydrogens (tertiary/aromatic N) is 1. The van der Waals surface area contributed by atoms with Gasteiger partial charge in [-0.1, -0.05) is 12.1 Å². The van der Waals surface area contributed by atoms with Crippen LogP contribution >= 0.6 is 11.6 Å². The number of amides is 1. The maximum absolute atomic E-state index is 11.5. The molecule has 0 saturated carbocycles. The van der Waals surface area contributed by atoms with Crippen LogP contribution in [0.2, 0.25) is 0 Å². The number of hydrogen-bond acceptors (Lipinski definition) is 1. The van der Waals surface area contributed by atoms with E-state index in [0.717, 1.165) is 11.3 Å². The third kappa shape index (κ3) is 1.75. The highest BCUT2D eigenvalue weighted by molar-refractivity contribution is 6.24. The minimum Gasteiger partial charge on any atom is -0.311 e. The number of carbonyl (C=O) groups is 1. The lowest BCUT2D eigenvalue weighted by atomic mass is 10.2. The average Bonchev–Trinajstić information content (AvgIpc) is 2.45. The van der Waals surface area contributed by atoms with Crippen LogP contribution in [0.3, 0.4) is 0 Å². The zero-order valence-electron chi connectivity index (χ0n) is 8.03. The molecule has 0 N–H and O–H groups in total. The summed E-state index contributed by atoms with van der Waals surface area (Å²) < 4.78 is 0. The lowest BCUT2D eigenvalue weighted by Gasteiger charge is -2.16. The predicted octanol–water partition coefficient (Wildman–Crippen LogP) is 2.34. The maximum Gasteiger partial charge on any atom is 0.228 e. The summed E-state index contributed by atoms with van der Waals surface area (Å²) in [4.78, 5) is 13.3. The number of alkyl halides is 1. The summed E-state index contributed by atoms with van der Waals surface area (Å²) in [6.45, 7) is 2.64.